The molecule has 2 aliphatic heterocycles. The van der Waals surface area contributed by atoms with Crippen LogP contribution in [0.2, 0.25) is 0 Å². The van der Waals surface area contributed by atoms with Crippen molar-refractivity contribution in [2.45, 2.75) is 32.7 Å². The molecule has 2 fully saturated rings. The van der Waals surface area contributed by atoms with Crippen LogP contribution in [0.1, 0.15) is 30.7 Å². The summed E-state index contributed by atoms with van der Waals surface area (Å²) in [4.78, 5) is 5.03. The molecule has 2 saturated heterocycles. The van der Waals surface area contributed by atoms with E-state index in [-0.39, 0.29) is 0 Å². The third kappa shape index (κ3) is 2.45. The Morgan fingerprint density at radius 1 is 1.33 bits per heavy atom. The molecule has 1 aromatic heterocycles. The fourth-order valence-electron chi connectivity index (χ4n) is 3.66. The van der Waals surface area contributed by atoms with Crippen LogP contribution in [0.5, 0.6) is 0 Å². The minimum Gasteiger partial charge on any atom is -0.361 e. The second-order valence-electron chi connectivity index (χ2n) is 6.23. The van der Waals surface area contributed by atoms with Gasteiger partial charge in [-0.2, -0.15) is 0 Å². The highest BCUT2D eigenvalue weighted by atomic mass is 16.5. The van der Waals surface area contributed by atoms with E-state index in [0.717, 1.165) is 18.0 Å². The molecule has 4 heteroatoms. The van der Waals surface area contributed by atoms with Crippen LogP contribution < -0.4 is 0 Å². The predicted molar refractivity (Wildman–Crippen MR) is 70.3 cm³/mol. The third-order valence-electron chi connectivity index (χ3n) is 4.43. The largest absolute Gasteiger partial charge is 0.361 e. The molecule has 0 amide bonds. The minimum atomic E-state index is 0.547. The summed E-state index contributed by atoms with van der Waals surface area (Å²) in [6.07, 6.45) is 4.08. The van der Waals surface area contributed by atoms with Crippen molar-refractivity contribution in [2.24, 2.45) is 5.41 Å². The monoisotopic (exact) mass is 249 g/mol. The molecule has 18 heavy (non-hydrogen) atoms. The molecule has 0 radical (unpaired) electrons. The van der Waals surface area contributed by atoms with E-state index in [1.54, 1.807) is 0 Å². The Morgan fingerprint density at radius 2 is 2.22 bits per heavy atom. The van der Waals surface area contributed by atoms with Crippen molar-refractivity contribution in [1.29, 1.82) is 0 Å². The molecule has 2 aliphatic rings. The highest BCUT2D eigenvalue weighted by Gasteiger charge is 2.40. The van der Waals surface area contributed by atoms with E-state index in [1.807, 2.05) is 6.92 Å². The van der Waals surface area contributed by atoms with Crippen molar-refractivity contribution in [3.05, 3.63) is 17.5 Å². The van der Waals surface area contributed by atoms with E-state index in [2.05, 4.69) is 28.1 Å². The molecule has 100 valence electrons. The minimum absolute atomic E-state index is 0.547. The molecule has 1 aromatic rings. The lowest BCUT2D eigenvalue weighted by Gasteiger charge is -2.40. The molecule has 4 nitrogen and oxygen atoms in total. The van der Waals surface area contributed by atoms with Crippen LogP contribution in [0.15, 0.2) is 10.6 Å². The molecule has 0 bridgehead atoms. The van der Waals surface area contributed by atoms with Crippen LogP contribution in [0.4, 0.5) is 0 Å². The van der Waals surface area contributed by atoms with Gasteiger partial charge in [-0.05, 0) is 51.7 Å². The standard InChI is InChI=1S/C14H23N3O/c1-12-8-13(15-18-12)9-17-6-3-4-14(11-17)5-7-16(2)10-14/h8H,3-7,9-11H2,1-2H3/t14-/m0/s1. The van der Waals surface area contributed by atoms with Gasteiger partial charge in [0.15, 0.2) is 0 Å². The molecule has 3 heterocycles. The Labute approximate surface area is 109 Å². The van der Waals surface area contributed by atoms with E-state index in [1.165, 1.54) is 45.4 Å². The lowest BCUT2D eigenvalue weighted by molar-refractivity contribution is 0.0881. The molecule has 1 atom stereocenters. The second kappa shape index (κ2) is 4.67. The maximum atomic E-state index is 5.16. The van der Waals surface area contributed by atoms with Crippen LogP contribution in [-0.4, -0.2) is 48.2 Å². The maximum Gasteiger partial charge on any atom is 0.133 e. The summed E-state index contributed by atoms with van der Waals surface area (Å²) < 4.78 is 5.16. The Morgan fingerprint density at radius 3 is 2.89 bits per heavy atom. The molecule has 0 saturated carbocycles. The predicted octanol–water partition coefficient (Wildman–Crippen LogP) is 1.90. The number of likely N-dealkylation sites (tertiary alicyclic amines) is 2. The summed E-state index contributed by atoms with van der Waals surface area (Å²) in [6, 6.07) is 2.06. The molecule has 0 aliphatic carbocycles. The van der Waals surface area contributed by atoms with E-state index < -0.39 is 0 Å². The summed E-state index contributed by atoms with van der Waals surface area (Å²) in [5, 5.41) is 4.11. The summed E-state index contributed by atoms with van der Waals surface area (Å²) >= 11 is 0. The second-order valence-corrected chi connectivity index (χ2v) is 6.23. The number of hydrogen-bond donors (Lipinski definition) is 0. The molecular formula is C14H23N3O. The first kappa shape index (κ1) is 12.2. The number of nitrogens with zero attached hydrogens (tertiary/aromatic N) is 3. The fourth-order valence-corrected chi connectivity index (χ4v) is 3.66. The van der Waals surface area contributed by atoms with Crippen molar-refractivity contribution in [3.8, 4) is 0 Å². The zero-order chi connectivity index (χ0) is 12.6. The van der Waals surface area contributed by atoms with Gasteiger partial charge in [0.2, 0.25) is 0 Å². The molecule has 0 unspecified atom stereocenters. The van der Waals surface area contributed by atoms with Gasteiger partial charge in [0.05, 0.1) is 5.69 Å². The first-order valence-electron chi connectivity index (χ1n) is 6.98. The van der Waals surface area contributed by atoms with Crippen LogP contribution >= 0.6 is 0 Å². The number of hydrogen-bond acceptors (Lipinski definition) is 4. The van der Waals surface area contributed by atoms with E-state index >= 15 is 0 Å². The van der Waals surface area contributed by atoms with Gasteiger partial charge in [0.25, 0.3) is 0 Å². The zero-order valence-corrected chi connectivity index (χ0v) is 11.5. The van der Waals surface area contributed by atoms with Crippen molar-refractivity contribution in [3.63, 3.8) is 0 Å². The van der Waals surface area contributed by atoms with Gasteiger partial charge >= 0.3 is 0 Å². The molecular weight excluding hydrogens is 226 g/mol. The highest BCUT2D eigenvalue weighted by molar-refractivity contribution is 5.04. The van der Waals surface area contributed by atoms with Gasteiger partial charge in [-0.3, -0.25) is 4.90 Å². The Balaban J connectivity index is 1.64. The first-order valence-corrected chi connectivity index (χ1v) is 6.98. The quantitative estimate of drug-likeness (QED) is 0.801. The highest BCUT2D eigenvalue weighted by Crippen LogP contribution is 2.38. The zero-order valence-electron chi connectivity index (χ0n) is 11.5. The van der Waals surface area contributed by atoms with Crippen molar-refractivity contribution < 1.29 is 4.52 Å². The summed E-state index contributed by atoms with van der Waals surface area (Å²) in [5.74, 6) is 0.914. The van der Waals surface area contributed by atoms with Gasteiger partial charge in [-0.15, -0.1) is 0 Å². The van der Waals surface area contributed by atoms with Crippen LogP contribution in [0.3, 0.4) is 0 Å². The maximum absolute atomic E-state index is 5.16. The van der Waals surface area contributed by atoms with E-state index in [4.69, 9.17) is 4.52 Å². The van der Waals surface area contributed by atoms with Crippen LogP contribution in [-0.2, 0) is 6.54 Å². The molecule has 3 rings (SSSR count). The summed E-state index contributed by atoms with van der Waals surface area (Å²) in [6.45, 7) is 7.86. The number of aromatic nitrogens is 1. The van der Waals surface area contributed by atoms with Crippen LogP contribution in [0.25, 0.3) is 0 Å². The first-order chi connectivity index (χ1) is 8.65. The van der Waals surface area contributed by atoms with E-state index in [9.17, 15) is 0 Å². The SMILES string of the molecule is Cc1cc(CN2CCC[C@@]3(CCN(C)C3)C2)no1. The van der Waals surface area contributed by atoms with Gasteiger partial charge in [0, 0.05) is 25.7 Å². The van der Waals surface area contributed by atoms with Crippen molar-refractivity contribution in [1.82, 2.24) is 15.0 Å². The van der Waals surface area contributed by atoms with Crippen molar-refractivity contribution >= 4 is 0 Å². The lowest BCUT2D eigenvalue weighted by atomic mass is 9.79. The average Bonchev–Trinajstić information content (AvgIpc) is 2.87. The van der Waals surface area contributed by atoms with Gasteiger partial charge in [-0.25, -0.2) is 0 Å². The Kier molecular flexibility index (Phi) is 3.16. The van der Waals surface area contributed by atoms with Gasteiger partial charge in [0.1, 0.15) is 5.76 Å². The molecule has 1 spiro atoms. The molecule has 0 N–H and O–H groups in total. The topological polar surface area (TPSA) is 32.5 Å². The van der Waals surface area contributed by atoms with Crippen LogP contribution in [0, 0.1) is 12.3 Å². The number of aryl methyl sites for hydroxylation is 1. The summed E-state index contributed by atoms with van der Waals surface area (Å²) in [5.41, 5.74) is 1.63. The Bertz CT molecular complexity index is 413. The average molecular weight is 249 g/mol. The summed E-state index contributed by atoms with van der Waals surface area (Å²) in [7, 11) is 2.24. The lowest BCUT2D eigenvalue weighted by Crippen LogP contribution is -2.44. The fraction of sp³-hybridized carbons (Fsp3) is 0.786. The number of rotatable bonds is 2. The van der Waals surface area contributed by atoms with Gasteiger partial charge in [-0.1, -0.05) is 5.16 Å². The Hall–Kier alpha value is -0.870. The van der Waals surface area contributed by atoms with E-state index in [0.29, 0.717) is 5.41 Å². The normalized spacial score (nSPS) is 30.3. The smallest absolute Gasteiger partial charge is 0.133 e. The third-order valence-corrected chi connectivity index (χ3v) is 4.43. The van der Waals surface area contributed by atoms with Crippen molar-refractivity contribution in [2.75, 3.05) is 33.2 Å². The number of piperidine rings is 1. The van der Waals surface area contributed by atoms with Gasteiger partial charge < -0.3 is 9.42 Å². The molecule has 0 aromatic carbocycles.